The Kier molecular flexibility index (Phi) is 3.96. The van der Waals surface area contributed by atoms with Crippen LogP contribution in [0.25, 0.3) is 0 Å². The number of likely N-dealkylation sites (tertiary alicyclic amines) is 1. The van der Waals surface area contributed by atoms with Crippen LogP contribution in [0.5, 0.6) is 0 Å². The highest BCUT2D eigenvalue weighted by molar-refractivity contribution is 4.89. The summed E-state index contributed by atoms with van der Waals surface area (Å²) in [7, 11) is 0. The van der Waals surface area contributed by atoms with E-state index in [-0.39, 0.29) is 0 Å². The summed E-state index contributed by atoms with van der Waals surface area (Å²) < 4.78 is 0. The fraction of sp³-hybridized carbons (Fsp3) is 1.00. The molecular formula is C12H26N2. The largest absolute Gasteiger partial charge is 0.300 e. The molecule has 0 unspecified atom stereocenters. The van der Waals surface area contributed by atoms with E-state index >= 15 is 0 Å². The Bertz CT molecular complexity index is 162. The summed E-state index contributed by atoms with van der Waals surface area (Å²) in [5.74, 6) is 0. The van der Waals surface area contributed by atoms with Crippen molar-refractivity contribution in [2.75, 3.05) is 32.7 Å². The molecule has 14 heavy (non-hydrogen) atoms. The van der Waals surface area contributed by atoms with Crippen LogP contribution in [0, 0.1) is 5.41 Å². The van der Waals surface area contributed by atoms with Gasteiger partial charge in [-0.15, -0.1) is 0 Å². The molecule has 0 amide bonds. The van der Waals surface area contributed by atoms with Crippen molar-refractivity contribution in [3.05, 3.63) is 0 Å². The normalized spacial score (nSPS) is 20.1. The molecule has 0 aliphatic carbocycles. The first-order valence-electron chi connectivity index (χ1n) is 5.92. The zero-order valence-corrected chi connectivity index (χ0v) is 10.5. The fourth-order valence-electron chi connectivity index (χ4n) is 2.31. The van der Waals surface area contributed by atoms with Gasteiger partial charge in [0.15, 0.2) is 0 Å². The lowest BCUT2D eigenvalue weighted by Crippen LogP contribution is -2.60. The van der Waals surface area contributed by atoms with Gasteiger partial charge in [0.05, 0.1) is 0 Å². The average molecular weight is 198 g/mol. The summed E-state index contributed by atoms with van der Waals surface area (Å²) in [5.41, 5.74) is 0.453. The Hall–Kier alpha value is -0.0800. The van der Waals surface area contributed by atoms with Gasteiger partial charge in [-0.3, -0.25) is 9.80 Å². The minimum atomic E-state index is 0.453. The highest BCUT2D eigenvalue weighted by Gasteiger charge is 2.32. The van der Waals surface area contributed by atoms with Gasteiger partial charge >= 0.3 is 0 Å². The number of hydrogen-bond donors (Lipinski definition) is 0. The lowest BCUT2D eigenvalue weighted by Gasteiger charge is -2.47. The number of hydrogen-bond acceptors (Lipinski definition) is 2. The molecule has 0 aromatic carbocycles. The SMILES string of the molecule is CCN(CC)C1CN(CC(C)(C)C)C1. The average Bonchev–Trinajstić information content (AvgIpc) is 1.99. The van der Waals surface area contributed by atoms with Crippen LogP contribution in [0.4, 0.5) is 0 Å². The van der Waals surface area contributed by atoms with Crippen LogP contribution >= 0.6 is 0 Å². The minimum absolute atomic E-state index is 0.453. The zero-order valence-electron chi connectivity index (χ0n) is 10.5. The van der Waals surface area contributed by atoms with Gasteiger partial charge in [0.1, 0.15) is 0 Å². The first-order valence-corrected chi connectivity index (χ1v) is 5.92. The van der Waals surface area contributed by atoms with Gasteiger partial charge in [-0.2, -0.15) is 0 Å². The van der Waals surface area contributed by atoms with Crippen LogP contribution in [-0.4, -0.2) is 48.6 Å². The molecule has 2 nitrogen and oxygen atoms in total. The molecule has 1 fully saturated rings. The van der Waals surface area contributed by atoms with E-state index in [1.807, 2.05) is 0 Å². The second-order valence-corrected chi connectivity index (χ2v) is 5.63. The highest BCUT2D eigenvalue weighted by Crippen LogP contribution is 2.21. The van der Waals surface area contributed by atoms with Crippen molar-refractivity contribution < 1.29 is 0 Å². The van der Waals surface area contributed by atoms with Crippen LogP contribution in [-0.2, 0) is 0 Å². The molecule has 0 aromatic heterocycles. The Labute approximate surface area is 89.3 Å². The van der Waals surface area contributed by atoms with E-state index in [0.717, 1.165) is 6.04 Å². The summed E-state index contributed by atoms with van der Waals surface area (Å²) in [4.78, 5) is 5.14. The molecule has 0 spiro atoms. The molecule has 1 aliphatic rings. The van der Waals surface area contributed by atoms with Crippen molar-refractivity contribution in [1.29, 1.82) is 0 Å². The lowest BCUT2D eigenvalue weighted by molar-refractivity contribution is 0.0191. The van der Waals surface area contributed by atoms with E-state index < -0.39 is 0 Å². The molecule has 0 aromatic rings. The quantitative estimate of drug-likeness (QED) is 0.682. The molecular weight excluding hydrogens is 172 g/mol. The number of nitrogens with zero attached hydrogens (tertiary/aromatic N) is 2. The highest BCUT2D eigenvalue weighted by atomic mass is 15.3. The van der Waals surface area contributed by atoms with E-state index in [9.17, 15) is 0 Å². The predicted octanol–water partition coefficient (Wildman–Crippen LogP) is 2.06. The monoisotopic (exact) mass is 198 g/mol. The third-order valence-corrected chi connectivity index (χ3v) is 2.96. The van der Waals surface area contributed by atoms with E-state index in [1.165, 1.54) is 32.7 Å². The number of rotatable bonds is 4. The Morgan fingerprint density at radius 3 is 2.00 bits per heavy atom. The fourth-order valence-corrected chi connectivity index (χ4v) is 2.31. The van der Waals surface area contributed by atoms with E-state index in [1.54, 1.807) is 0 Å². The Morgan fingerprint density at radius 2 is 1.64 bits per heavy atom. The van der Waals surface area contributed by atoms with Gasteiger partial charge in [-0.05, 0) is 18.5 Å². The van der Waals surface area contributed by atoms with Gasteiger partial charge in [0, 0.05) is 25.7 Å². The van der Waals surface area contributed by atoms with Crippen LogP contribution in [0.3, 0.4) is 0 Å². The first kappa shape index (κ1) is 12.0. The molecule has 1 rings (SSSR count). The number of likely N-dealkylation sites (N-methyl/N-ethyl adjacent to an activating group) is 1. The van der Waals surface area contributed by atoms with Crippen LogP contribution in [0.2, 0.25) is 0 Å². The van der Waals surface area contributed by atoms with Crippen molar-refractivity contribution in [2.24, 2.45) is 5.41 Å². The molecule has 1 heterocycles. The van der Waals surface area contributed by atoms with Crippen molar-refractivity contribution in [3.8, 4) is 0 Å². The third kappa shape index (κ3) is 3.25. The van der Waals surface area contributed by atoms with E-state index in [2.05, 4.69) is 44.4 Å². The molecule has 84 valence electrons. The van der Waals surface area contributed by atoms with Crippen molar-refractivity contribution >= 4 is 0 Å². The maximum Gasteiger partial charge on any atom is 0.0350 e. The molecule has 0 radical (unpaired) electrons. The topological polar surface area (TPSA) is 6.48 Å². The first-order chi connectivity index (χ1) is 6.46. The van der Waals surface area contributed by atoms with E-state index in [0.29, 0.717) is 5.41 Å². The van der Waals surface area contributed by atoms with Crippen LogP contribution in [0.15, 0.2) is 0 Å². The third-order valence-electron chi connectivity index (χ3n) is 2.96. The lowest BCUT2D eigenvalue weighted by atomic mass is 9.93. The van der Waals surface area contributed by atoms with Crippen molar-refractivity contribution in [3.63, 3.8) is 0 Å². The van der Waals surface area contributed by atoms with Gasteiger partial charge in [-0.1, -0.05) is 34.6 Å². The van der Waals surface area contributed by atoms with E-state index in [4.69, 9.17) is 0 Å². The van der Waals surface area contributed by atoms with Crippen molar-refractivity contribution in [2.45, 2.75) is 40.7 Å². The predicted molar refractivity (Wildman–Crippen MR) is 62.6 cm³/mol. The van der Waals surface area contributed by atoms with Crippen molar-refractivity contribution in [1.82, 2.24) is 9.80 Å². The second kappa shape index (κ2) is 4.63. The zero-order chi connectivity index (χ0) is 10.8. The molecule has 0 N–H and O–H groups in total. The Morgan fingerprint density at radius 1 is 1.14 bits per heavy atom. The molecule has 0 saturated carbocycles. The van der Waals surface area contributed by atoms with Gasteiger partial charge in [0.2, 0.25) is 0 Å². The smallest absolute Gasteiger partial charge is 0.0350 e. The molecule has 0 bridgehead atoms. The standard InChI is InChI=1S/C12H26N2/c1-6-14(7-2)11-8-13(9-11)10-12(3,4)5/h11H,6-10H2,1-5H3. The maximum absolute atomic E-state index is 2.57. The summed E-state index contributed by atoms with van der Waals surface area (Å²) in [6.45, 7) is 17.7. The summed E-state index contributed by atoms with van der Waals surface area (Å²) in [6.07, 6.45) is 0. The summed E-state index contributed by atoms with van der Waals surface area (Å²) in [5, 5.41) is 0. The molecule has 1 saturated heterocycles. The summed E-state index contributed by atoms with van der Waals surface area (Å²) in [6, 6.07) is 0.826. The molecule has 0 atom stereocenters. The maximum atomic E-state index is 2.57. The van der Waals surface area contributed by atoms with Crippen LogP contribution < -0.4 is 0 Å². The Balaban J connectivity index is 2.23. The van der Waals surface area contributed by atoms with Gasteiger partial charge in [-0.25, -0.2) is 0 Å². The summed E-state index contributed by atoms with van der Waals surface area (Å²) >= 11 is 0. The van der Waals surface area contributed by atoms with Gasteiger partial charge < -0.3 is 0 Å². The molecule has 1 aliphatic heterocycles. The minimum Gasteiger partial charge on any atom is -0.300 e. The molecule has 2 heteroatoms. The second-order valence-electron chi connectivity index (χ2n) is 5.63. The van der Waals surface area contributed by atoms with Crippen LogP contribution in [0.1, 0.15) is 34.6 Å². The van der Waals surface area contributed by atoms with Gasteiger partial charge in [0.25, 0.3) is 0 Å².